The maximum absolute atomic E-state index is 11.0. The molecule has 80 valence electrons. The normalized spacial score (nSPS) is 14.5. The van der Waals surface area contributed by atoms with Crippen molar-refractivity contribution in [3.8, 4) is 0 Å². The molecule has 0 heterocycles. The summed E-state index contributed by atoms with van der Waals surface area (Å²) < 4.78 is 0. The molecule has 1 fully saturated rings. The molecule has 2 rings (SSSR count). The van der Waals surface area contributed by atoms with E-state index in [9.17, 15) is 4.79 Å². The Morgan fingerprint density at radius 2 is 1.80 bits per heavy atom. The van der Waals surface area contributed by atoms with Crippen molar-refractivity contribution in [2.45, 2.75) is 18.9 Å². The zero-order valence-corrected chi connectivity index (χ0v) is 8.71. The van der Waals surface area contributed by atoms with Gasteiger partial charge in [0.25, 0.3) is 0 Å². The quantitative estimate of drug-likeness (QED) is 0.707. The monoisotopic (exact) mass is 205 g/mol. The zero-order chi connectivity index (χ0) is 10.7. The van der Waals surface area contributed by atoms with Crippen LogP contribution in [0.25, 0.3) is 0 Å². The van der Waals surface area contributed by atoms with Crippen molar-refractivity contribution in [2.75, 3.05) is 17.7 Å². The molecule has 0 saturated heterocycles. The van der Waals surface area contributed by atoms with Crippen molar-refractivity contribution >= 4 is 17.4 Å². The van der Waals surface area contributed by atoms with E-state index in [1.807, 2.05) is 24.3 Å². The second kappa shape index (κ2) is 4.21. The van der Waals surface area contributed by atoms with Crippen molar-refractivity contribution in [1.82, 2.24) is 5.32 Å². The van der Waals surface area contributed by atoms with Gasteiger partial charge in [-0.2, -0.15) is 0 Å². The number of hydrogen-bond acceptors (Lipinski definition) is 2. The van der Waals surface area contributed by atoms with Gasteiger partial charge in [0.05, 0.1) is 0 Å². The molecule has 1 aromatic rings. The fourth-order valence-corrected chi connectivity index (χ4v) is 1.31. The lowest BCUT2D eigenvalue weighted by atomic mass is 10.3. The second-order valence-electron chi connectivity index (χ2n) is 3.70. The van der Waals surface area contributed by atoms with Crippen LogP contribution in [0.3, 0.4) is 0 Å². The van der Waals surface area contributed by atoms with Gasteiger partial charge in [-0.05, 0) is 37.1 Å². The van der Waals surface area contributed by atoms with Crippen LogP contribution in [0, 0.1) is 0 Å². The molecule has 0 spiro atoms. The van der Waals surface area contributed by atoms with E-state index in [-0.39, 0.29) is 6.03 Å². The molecule has 0 aliphatic heterocycles. The minimum absolute atomic E-state index is 0.196. The molecule has 1 aliphatic rings. The molecule has 4 nitrogen and oxygen atoms in total. The number of urea groups is 1. The number of rotatable bonds is 3. The van der Waals surface area contributed by atoms with Gasteiger partial charge in [0.2, 0.25) is 0 Å². The van der Waals surface area contributed by atoms with Gasteiger partial charge in [-0.25, -0.2) is 4.79 Å². The third-order valence-corrected chi connectivity index (χ3v) is 2.32. The largest absolute Gasteiger partial charge is 0.382 e. The van der Waals surface area contributed by atoms with Crippen molar-refractivity contribution < 1.29 is 4.79 Å². The average molecular weight is 205 g/mol. The molecular weight excluding hydrogens is 190 g/mol. The van der Waals surface area contributed by atoms with Crippen LogP contribution in [-0.2, 0) is 0 Å². The second-order valence-corrected chi connectivity index (χ2v) is 3.70. The standard InChI is InChI=1S/C11H15N3O/c1-12-11(15)14-10-6-4-9(5-7-10)13-8-2-3-8/h4-8,13H,2-3H2,1H3,(H2,12,14,15). The number of anilines is 2. The van der Waals surface area contributed by atoms with Crippen molar-refractivity contribution in [3.05, 3.63) is 24.3 Å². The van der Waals surface area contributed by atoms with Crippen molar-refractivity contribution in [3.63, 3.8) is 0 Å². The topological polar surface area (TPSA) is 53.2 Å². The van der Waals surface area contributed by atoms with Crippen LogP contribution < -0.4 is 16.0 Å². The Labute approximate surface area is 89.1 Å². The van der Waals surface area contributed by atoms with Crippen LogP contribution in [0.15, 0.2) is 24.3 Å². The minimum atomic E-state index is -0.196. The van der Waals surface area contributed by atoms with Crippen LogP contribution in [0.2, 0.25) is 0 Å². The van der Waals surface area contributed by atoms with E-state index in [1.165, 1.54) is 12.8 Å². The number of amides is 2. The summed E-state index contributed by atoms with van der Waals surface area (Å²) in [4.78, 5) is 11.0. The molecule has 0 bridgehead atoms. The molecule has 0 atom stereocenters. The lowest BCUT2D eigenvalue weighted by Gasteiger charge is -2.07. The van der Waals surface area contributed by atoms with Crippen LogP contribution in [-0.4, -0.2) is 19.1 Å². The molecule has 1 aliphatic carbocycles. The summed E-state index contributed by atoms with van der Waals surface area (Å²) in [6, 6.07) is 8.19. The predicted octanol–water partition coefficient (Wildman–Crippen LogP) is 2.01. The van der Waals surface area contributed by atoms with Gasteiger partial charge in [-0.3, -0.25) is 0 Å². The van der Waals surface area contributed by atoms with E-state index < -0.39 is 0 Å². The highest BCUT2D eigenvalue weighted by Gasteiger charge is 2.20. The van der Waals surface area contributed by atoms with Crippen LogP contribution >= 0.6 is 0 Å². The third kappa shape index (κ3) is 2.87. The first kappa shape index (κ1) is 9.83. The maximum atomic E-state index is 11.0. The predicted molar refractivity (Wildman–Crippen MR) is 61.2 cm³/mol. The lowest BCUT2D eigenvalue weighted by molar-refractivity contribution is 0.254. The molecule has 4 heteroatoms. The first-order valence-electron chi connectivity index (χ1n) is 5.13. The highest BCUT2D eigenvalue weighted by Crippen LogP contribution is 2.25. The van der Waals surface area contributed by atoms with Crippen molar-refractivity contribution in [1.29, 1.82) is 0 Å². The molecule has 2 amide bonds. The summed E-state index contributed by atoms with van der Waals surface area (Å²) in [6.07, 6.45) is 2.52. The molecule has 0 aromatic heterocycles. The highest BCUT2D eigenvalue weighted by atomic mass is 16.2. The third-order valence-electron chi connectivity index (χ3n) is 2.32. The number of benzene rings is 1. The highest BCUT2D eigenvalue weighted by molar-refractivity contribution is 5.89. The van der Waals surface area contributed by atoms with Gasteiger partial charge in [-0.15, -0.1) is 0 Å². The van der Waals surface area contributed by atoms with Gasteiger partial charge >= 0.3 is 6.03 Å². The number of carbonyl (C=O) groups is 1. The van der Waals surface area contributed by atoms with Gasteiger partial charge in [0.15, 0.2) is 0 Å². The smallest absolute Gasteiger partial charge is 0.318 e. The number of hydrogen-bond donors (Lipinski definition) is 3. The Bertz CT molecular complexity index is 343. The molecule has 1 aromatic carbocycles. The van der Waals surface area contributed by atoms with E-state index in [1.54, 1.807) is 7.05 Å². The average Bonchev–Trinajstić information content (AvgIpc) is 3.05. The van der Waals surface area contributed by atoms with Crippen LogP contribution in [0.5, 0.6) is 0 Å². The Hall–Kier alpha value is -1.71. The zero-order valence-electron chi connectivity index (χ0n) is 8.71. The van der Waals surface area contributed by atoms with E-state index in [0.717, 1.165) is 11.4 Å². The van der Waals surface area contributed by atoms with E-state index in [4.69, 9.17) is 0 Å². The summed E-state index contributed by atoms with van der Waals surface area (Å²) in [5.74, 6) is 0. The maximum Gasteiger partial charge on any atom is 0.318 e. The Balaban J connectivity index is 1.93. The van der Waals surface area contributed by atoms with E-state index >= 15 is 0 Å². The summed E-state index contributed by atoms with van der Waals surface area (Å²) in [7, 11) is 1.60. The molecule has 1 saturated carbocycles. The Morgan fingerprint density at radius 1 is 1.20 bits per heavy atom. The fraction of sp³-hybridized carbons (Fsp3) is 0.364. The van der Waals surface area contributed by atoms with E-state index in [0.29, 0.717) is 6.04 Å². The molecule has 15 heavy (non-hydrogen) atoms. The van der Waals surface area contributed by atoms with Gasteiger partial charge in [0.1, 0.15) is 0 Å². The van der Waals surface area contributed by atoms with Gasteiger partial charge in [0, 0.05) is 24.5 Å². The summed E-state index contributed by atoms with van der Waals surface area (Å²) >= 11 is 0. The first-order valence-corrected chi connectivity index (χ1v) is 5.13. The molecule has 0 unspecified atom stereocenters. The van der Waals surface area contributed by atoms with Gasteiger partial charge < -0.3 is 16.0 Å². The van der Waals surface area contributed by atoms with E-state index in [2.05, 4.69) is 16.0 Å². The van der Waals surface area contributed by atoms with Crippen molar-refractivity contribution in [2.24, 2.45) is 0 Å². The molecular formula is C11H15N3O. The molecule has 0 radical (unpaired) electrons. The Morgan fingerprint density at radius 3 is 2.33 bits per heavy atom. The summed E-state index contributed by atoms with van der Waals surface area (Å²) in [6.45, 7) is 0. The van der Waals surface area contributed by atoms with Gasteiger partial charge in [-0.1, -0.05) is 0 Å². The summed E-state index contributed by atoms with van der Waals surface area (Å²) in [5.41, 5.74) is 1.91. The Kier molecular flexibility index (Phi) is 2.76. The molecule has 3 N–H and O–H groups in total. The number of carbonyl (C=O) groups excluding carboxylic acids is 1. The summed E-state index contributed by atoms with van der Waals surface area (Å²) in [5, 5.41) is 8.60. The number of nitrogens with one attached hydrogen (secondary N) is 3. The SMILES string of the molecule is CNC(=O)Nc1ccc(NC2CC2)cc1. The van der Waals surface area contributed by atoms with Crippen LogP contribution in [0.4, 0.5) is 16.2 Å². The fourth-order valence-electron chi connectivity index (χ4n) is 1.31. The first-order chi connectivity index (χ1) is 7.28. The lowest BCUT2D eigenvalue weighted by Crippen LogP contribution is -2.24. The minimum Gasteiger partial charge on any atom is -0.382 e. The van der Waals surface area contributed by atoms with Crippen LogP contribution in [0.1, 0.15) is 12.8 Å².